The molecule has 2 aromatic carbocycles. The maximum Gasteiger partial charge on any atom is 0.270 e. The van der Waals surface area contributed by atoms with Crippen molar-refractivity contribution in [3.8, 4) is 0 Å². The third-order valence-corrected chi connectivity index (χ3v) is 3.97. The van der Waals surface area contributed by atoms with Gasteiger partial charge in [-0.25, -0.2) is 0 Å². The van der Waals surface area contributed by atoms with Crippen molar-refractivity contribution in [3.05, 3.63) is 75.8 Å². The van der Waals surface area contributed by atoms with Gasteiger partial charge in [0.2, 0.25) is 5.91 Å². The van der Waals surface area contributed by atoms with Crippen LogP contribution >= 0.6 is 0 Å². The standard InChI is InChI=1S/C19H21N3O4/c1-2-21(12-11-15-7-4-3-5-8-15)18(23)14-20-19(24)16-9-6-10-17(13-16)22(25)26/h3-10,13H,2,11-12,14H2,1H3,(H,20,24). The SMILES string of the molecule is CCN(CCc1ccccc1)C(=O)CNC(=O)c1cccc([N+](=O)[O-])c1. The van der Waals surface area contributed by atoms with Gasteiger partial charge in [-0.3, -0.25) is 19.7 Å². The first-order chi connectivity index (χ1) is 12.5. The number of hydrogen-bond donors (Lipinski definition) is 1. The summed E-state index contributed by atoms with van der Waals surface area (Å²) < 4.78 is 0. The highest BCUT2D eigenvalue weighted by Gasteiger charge is 2.15. The molecule has 0 aliphatic carbocycles. The zero-order valence-electron chi connectivity index (χ0n) is 14.6. The van der Waals surface area contributed by atoms with Crippen LogP contribution in [0.15, 0.2) is 54.6 Å². The van der Waals surface area contributed by atoms with Crippen LogP contribution in [0.5, 0.6) is 0 Å². The van der Waals surface area contributed by atoms with Crippen molar-refractivity contribution in [2.24, 2.45) is 0 Å². The molecule has 0 heterocycles. The summed E-state index contributed by atoms with van der Waals surface area (Å²) in [4.78, 5) is 36.3. The zero-order chi connectivity index (χ0) is 18.9. The summed E-state index contributed by atoms with van der Waals surface area (Å²) in [6, 6.07) is 15.3. The van der Waals surface area contributed by atoms with Crippen LogP contribution < -0.4 is 5.32 Å². The molecule has 0 saturated carbocycles. The van der Waals surface area contributed by atoms with Gasteiger partial charge in [0.1, 0.15) is 0 Å². The van der Waals surface area contributed by atoms with Gasteiger partial charge >= 0.3 is 0 Å². The molecular weight excluding hydrogens is 334 g/mol. The molecule has 0 fully saturated rings. The Bertz CT molecular complexity index is 777. The van der Waals surface area contributed by atoms with Crippen LogP contribution in [-0.4, -0.2) is 41.3 Å². The van der Waals surface area contributed by atoms with E-state index in [0.717, 1.165) is 12.0 Å². The lowest BCUT2D eigenvalue weighted by atomic mass is 10.1. The predicted molar refractivity (Wildman–Crippen MR) is 97.8 cm³/mol. The van der Waals surface area contributed by atoms with Crippen LogP contribution in [0.1, 0.15) is 22.8 Å². The fourth-order valence-corrected chi connectivity index (χ4v) is 2.50. The minimum Gasteiger partial charge on any atom is -0.343 e. The Labute approximate surface area is 151 Å². The van der Waals surface area contributed by atoms with Gasteiger partial charge in [-0.15, -0.1) is 0 Å². The van der Waals surface area contributed by atoms with Gasteiger partial charge in [0.05, 0.1) is 11.5 Å². The molecule has 7 heteroatoms. The van der Waals surface area contributed by atoms with Crippen LogP contribution in [-0.2, 0) is 11.2 Å². The second-order valence-electron chi connectivity index (χ2n) is 5.70. The van der Waals surface area contributed by atoms with Gasteiger partial charge in [-0.1, -0.05) is 36.4 Å². The molecule has 2 rings (SSSR count). The van der Waals surface area contributed by atoms with E-state index < -0.39 is 10.8 Å². The Hall–Kier alpha value is -3.22. The first kappa shape index (κ1) is 19.1. The number of non-ortho nitro benzene ring substituents is 1. The van der Waals surface area contributed by atoms with E-state index >= 15 is 0 Å². The molecular formula is C19H21N3O4. The first-order valence-corrected chi connectivity index (χ1v) is 8.35. The number of hydrogen-bond acceptors (Lipinski definition) is 4. The molecule has 0 unspecified atom stereocenters. The molecule has 2 amide bonds. The maximum absolute atomic E-state index is 12.3. The number of likely N-dealkylation sites (N-methyl/N-ethyl adjacent to an activating group) is 1. The fraction of sp³-hybridized carbons (Fsp3) is 0.263. The number of nitro benzene ring substituents is 1. The Morgan fingerprint density at radius 3 is 2.50 bits per heavy atom. The summed E-state index contributed by atoms with van der Waals surface area (Å²) in [6.07, 6.45) is 0.735. The van der Waals surface area contributed by atoms with Crippen molar-refractivity contribution in [1.29, 1.82) is 0 Å². The van der Waals surface area contributed by atoms with Crippen LogP contribution in [0, 0.1) is 10.1 Å². The van der Waals surface area contributed by atoms with E-state index in [1.54, 1.807) is 4.90 Å². The fourth-order valence-electron chi connectivity index (χ4n) is 2.50. The molecule has 0 aromatic heterocycles. The van der Waals surface area contributed by atoms with Gasteiger partial charge in [-0.05, 0) is 25.0 Å². The molecule has 0 spiro atoms. The van der Waals surface area contributed by atoms with Crippen LogP contribution in [0.25, 0.3) is 0 Å². The number of benzene rings is 2. The molecule has 0 saturated heterocycles. The molecule has 136 valence electrons. The lowest BCUT2D eigenvalue weighted by Crippen LogP contribution is -2.41. The van der Waals surface area contributed by atoms with Crippen LogP contribution in [0.4, 0.5) is 5.69 Å². The Morgan fingerprint density at radius 2 is 1.85 bits per heavy atom. The quantitative estimate of drug-likeness (QED) is 0.581. The van der Waals surface area contributed by atoms with Crippen molar-refractivity contribution in [3.63, 3.8) is 0 Å². The van der Waals surface area contributed by atoms with E-state index in [1.165, 1.54) is 24.3 Å². The number of carbonyl (C=O) groups excluding carboxylic acids is 2. The van der Waals surface area contributed by atoms with E-state index in [2.05, 4.69) is 5.32 Å². The first-order valence-electron chi connectivity index (χ1n) is 8.35. The summed E-state index contributed by atoms with van der Waals surface area (Å²) in [7, 11) is 0. The van der Waals surface area contributed by atoms with Crippen LogP contribution in [0.3, 0.4) is 0 Å². The minimum atomic E-state index is -0.565. The Balaban J connectivity index is 1.88. The average molecular weight is 355 g/mol. The number of amides is 2. The highest BCUT2D eigenvalue weighted by atomic mass is 16.6. The Kier molecular flexibility index (Phi) is 6.84. The predicted octanol–water partition coefficient (Wildman–Crippen LogP) is 2.42. The van der Waals surface area contributed by atoms with Crippen molar-refractivity contribution >= 4 is 17.5 Å². The van der Waals surface area contributed by atoms with E-state index in [0.29, 0.717) is 13.1 Å². The van der Waals surface area contributed by atoms with Crippen molar-refractivity contribution in [2.45, 2.75) is 13.3 Å². The minimum absolute atomic E-state index is 0.149. The van der Waals surface area contributed by atoms with Crippen molar-refractivity contribution in [1.82, 2.24) is 10.2 Å². The summed E-state index contributed by atoms with van der Waals surface area (Å²) in [5.74, 6) is -0.705. The maximum atomic E-state index is 12.3. The average Bonchev–Trinajstić information content (AvgIpc) is 2.67. The third kappa shape index (κ3) is 5.41. The number of nitrogens with one attached hydrogen (secondary N) is 1. The topological polar surface area (TPSA) is 92.6 Å². The van der Waals surface area contributed by atoms with E-state index in [1.807, 2.05) is 37.3 Å². The van der Waals surface area contributed by atoms with Gasteiger partial charge in [0.25, 0.3) is 11.6 Å². The largest absolute Gasteiger partial charge is 0.343 e. The number of rotatable bonds is 8. The van der Waals surface area contributed by atoms with Gasteiger partial charge in [0.15, 0.2) is 0 Å². The van der Waals surface area contributed by atoms with E-state index in [4.69, 9.17) is 0 Å². The monoisotopic (exact) mass is 355 g/mol. The molecule has 0 bridgehead atoms. The molecule has 0 atom stereocenters. The molecule has 0 radical (unpaired) electrons. The van der Waals surface area contributed by atoms with Gasteiger partial charge in [0, 0.05) is 30.8 Å². The summed E-state index contributed by atoms with van der Waals surface area (Å²) >= 11 is 0. The molecule has 0 aliphatic heterocycles. The molecule has 7 nitrogen and oxygen atoms in total. The molecule has 0 aliphatic rings. The molecule has 1 N–H and O–H groups in total. The van der Waals surface area contributed by atoms with E-state index in [9.17, 15) is 19.7 Å². The number of nitro groups is 1. The second kappa shape index (κ2) is 9.31. The smallest absolute Gasteiger partial charge is 0.270 e. The molecule has 26 heavy (non-hydrogen) atoms. The summed E-state index contributed by atoms with van der Waals surface area (Å²) in [6.45, 7) is 2.83. The highest BCUT2D eigenvalue weighted by molar-refractivity contribution is 5.96. The molecule has 2 aromatic rings. The summed E-state index contributed by atoms with van der Waals surface area (Å²) in [5, 5.41) is 13.3. The van der Waals surface area contributed by atoms with E-state index in [-0.39, 0.29) is 23.7 Å². The lowest BCUT2D eigenvalue weighted by Gasteiger charge is -2.21. The Morgan fingerprint density at radius 1 is 1.12 bits per heavy atom. The van der Waals surface area contributed by atoms with Gasteiger partial charge < -0.3 is 10.2 Å². The van der Waals surface area contributed by atoms with Crippen molar-refractivity contribution in [2.75, 3.05) is 19.6 Å². The number of carbonyl (C=O) groups is 2. The highest BCUT2D eigenvalue weighted by Crippen LogP contribution is 2.12. The lowest BCUT2D eigenvalue weighted by molar-refractivity contribution is -0.384. The van der Waals surface area contributed by atoms with Crippen LogP contribution in [0.2, 0.25) is 0 Å². The zero-order valence-corrected chi connectivity index (χ0v) is 14.6. The van der Waals surface area contributed by atoms with Crippen molar-refractivity contribution < 1.29 is 14.5 Å². The van der Waals surface area contributed by atoms with Gasteiger partial charge in [-0.2, -0.15) is 0 Å². The normalized spacial score (nSPS) is 10.2. The third-order valence-electron chi connectivity index (χ3n) is 3.97. The second-order valence-corrected chi connectivity index (χ2v) is 5.70. The number of nitrogens with zero attached hydrogens (tertiary/aromatic N) is 2. The summed E-state index contributed by atoms with van der Waals surface area (Å²) in [5.41, 5.74) is 1.13.